The number of carbonyl (C=O) groups is 5. The van der Waals surface area contributed by atoms with Crippen LogP contribution >= 0.6 is 0 Å². The van der Waals surface area contributed by atoms with Crippen molar-refractivity contribution in [1.29, 1.82) is 0 Å². The molecule has 3 unspecified atom stereocenters. The van der Waals surface area contributed by atoms with E-state index >= 15 is 4.79 Å². The monoisotopic (exact) mass is 876 g/mol. The molecule has 3 amide bonds. The third-order valence-electron chi connectivity index (χ3n) is 17.2. The molecule has 4 aliphatic carbocycles. The van der Waals surface area contributed by atoms with Gasteiger partial charge in [0.1, 0.15) is 0 Å². The number of piperidine rings is 1. The van der Waals surface area contributed by atoms with E-state index in [1.165, 1.54) is 6.08 Å². The van der Waals surface area contributed by atoms with Gasteiger partial charge in [0.2, 0.25) is 17.7 Å². The second-order valence-corrected chi connectivity index (χ2v) is 23.7. The topological polar surface area (TPSA) is 153 Å². The van der Waals surface area contributed by atoms with Crippen LogP contribution in [0.3, 0.4) is 0 Å². The number of Topliss-reactive ketones (excluding diaryl/α,β-unsaturated/α-hetero) is 2. The molecule has 3 aliphatic heterocycles. The molecule has 0 bridgehead atoms. The minimum absolute atomic E-state index is 0.0350. The van der Waals surface area contributed by atoms with Crippen LogP contribution in [0, 0.1) is 44.8 Å². The summed E-state index contributed by atoms with van der Waals surface area (Å²) in [7, 11) is -4.58. The summed E-state index contributed by atoms with van der Waals surface area (Å²) in [4.78, 5) is 76.8. The highest BCUT2D eigenvalue weighted by Crippen LogP contribution is 2.88. The van der Waals surface area contributed by atoms with Gasteiger partial charge in [-0.1, -0.05) is 72.8 Å². The highest BCUT2D eigenvalue weighted by molar-refractivity contribution is 7.87. The smallest absolute Gasteiger partial charge is 0.304 e. The molecule has 61 heavy (non-hydrogen) atoms. The minimum atomic E-state index is -4.58. The molecule has 0 aromatic heterocycles. The van der Waals surface area contributed by atoms with Gasteiger partial charge in [0.25, 0.3) is 5.92 Å². The Kier molecular flexibility index (Phi) is 12.1. The molecule has 0 aromatic carbocycles. The first-order valence-electron chi connectivity index (χ1n) is 23.1. The zero-order chi connectivity index (χ0) is 44.7. The maximum Gasteiger partial charge on any atom is 0.304 e. The predicted octanol–water partition coefficient (Wildman–Crippen LogP) is 6.20. The van der Waals surface area contributed by atoms with E-state index in [2.05, 4.69) is 44.5 Å². The molecule has 7 atom stereocenters. The largest absolute Gasteiger partial charge is 0.345 e. The van der Waals surface area contributed by atoms with Crippen LogP contribution in [0.2, 0.25) is 0 Å². The number of hydrogen-bond donors (Lipinski definition) is 2. The summed E-state index contributed by atoms with van der Waals surface area (Å²) in [5, 5.41) is 3.24. The van der Waals surface area contributed by atoms with Gasteiger partial charge in [-0.05, 0) is 99.8 Å². The lowest BCUT2D eigenvalue weighted by Gasteiger charge is -2.40. The lowest BCUT2D eigenvalue weighted by Crippen LogP contribution is -2.62. The molecule has 7 fully saturated rings. The summed E-state index contributed by atoms with van der Waals surface area (Å²) in [5.41, 5.74) is -2.69. The van der Waals surface area contributed by atoms with E-state index in [9.17, 15) is 36.4 Å². The third kappa shape index (κ3) is 7.94. The summed E-state index contributed by atoms with van der Waals surface area (Å²) in [6.07, 6.45) is 12.0. The first-order valence-corrected chi connectivity index (χ1v) is 24.6. The Hall–Kier alpha value is -2.78. The highest BCUT2D eigenvalue weighted by Gasteiger charge is 2.85. The van der Waals surface area contributed by atoms with Crippen LogP contribution in [-0.4, -0.2) is 108 Å². The summed E-state index contributed by atoms with van der Waals surface area (Å²) in [5.74, 6) is -6.43. The number of alkyl halides is 2. The molecule has 7 aliphatic rings. The van der Waals surface area contributed by atoms with Gasteiger partial charge >= 0.3 is 10.2 Å². The Morgan fingerprint density at radius 3 is 2.03 bits per heavy atom. The fourth-order valence-corrected chi connectivity index (χ4v) is 14.3. The Balaban J connectivity index is 1.15. The van der Waals surface area contributed by atoms with E-state index in [4.69, 9.17) is 0 Å². The van der Waals surface area contributed by atoms with E-state index < -0.39 is 69.9 Å². The number of nitrogens with one attached hydrogen (secondary N) is 2. The van der Waals surface area contributed by atoms with Crippen molar-refractivity contribution in [2.24, 2.45) is 44.8 Å². The maximum atomic E-state index is 15.3. The molecular formula is C46H71F2N5O7S. The molecule has 3 saturated heterocycles. The molecule has 12 nitrogen and oxygen atoms in total. The number of amides is 3. The lowest BCUT2D eigenvalue weighted by atomic mass is 9.73. The zero-order valence-corrected chi connectivity index (χ0v) is 38.4. The van der Waals surface area contributed by atoms with Crippen molar-refractivity contribution in [1.82, 2.24) is 24.1 Å². The van der Waals surface area contributed by atoms with Crippen LogP contribution in [0.1, 0.15) is 145 Å². The Bertz CT molecular complexity index is 1900. The van der Waals surface area contributed by atoms with Gasteiger partial charge in [-0.3, -0.25) is 28.9 Å². The molecule has 2 N–H and O–H groups in total. The number of fused-ring (bicyclic) bond motifs is 1. The standard InChI is InChI=1S/C46H71F2N5O7S/c1-9-31-23-43(31,40(58)50-61(59,60)51-27-46(47,48)28-51)25-36(55)34-24-45(42(7,8)44(45)19-15-20-44)26-53(34)39(57)32(41(4,5)6)22-35(54)37(30-16-11-10-12-17-30)49-38(56)33-18-13-14-21-52(33)29(2)3/h9,29-34,37H,1,10-28H2,2-8H3,(H,49,56)(H,50,58)/t31?,32-,33?,34+,37+,43?,45-/m1/s1. The van der Waals surface area contributed by atoms with Gasteiger partial charge in [-0.2, -0.15) is 12.7 Å². The molecule has 0 aromatic rings. The molecule has 2 spiro atoms. The third-order valence-corrected chi connectivity index (χ3v) is 18.6. The maximum absolute atomic E-state index is 15.3. The molecule has 342 valence electrons. The van der Waals surface area contributed by atoms with Gasteiger partial charge in [0, 0.05) is 36.8 Å². The van der Waals surface area contributed by atoms with Crippen molar-refractivity contribution in [2.75, 3.05) is 26.2 Å². The SMILES string of the molecule is C=CC1CC1(CC(=O)[C@@H]1C[C@@]2(CN1C(=O)[C@@H](CC(=O)[C@@H](NC(=O)C1CCCCN1C(C)C)C1CCCCC1)C(C)(C)C)C(C)(C)C21CCC1)C(=O)NS(=O)(=O)N1CC(F)(F)C1. The number of likely N-dealkylation sites (tertiary alicyclic amines) is 2. The first-order chi connectivity index (χ1) is 28.4. The lowest BCUT2D eigenvalue weighted by molar-refractivity contribution is -0.147. The van der Waals surface area contributed by atoms with E-state index in [0.717, 1.165) is 77.2 Å². The number of rotatable bonds is 15. The summed E-state index contributed by atoms with van der Waals surface area (Å²) >= 11 is 0. The highest BCUT2D eigenvalue weighted by atomic mass is 32.2. The number of nitrogens with zero attached hydrogens (tertiary/aromatic N) is 3. The number of carbonyl (C=O) groups excluding carboxylic acids is 5. The minimum Gasteiger partial charge on any atom is -0.345 e. The van der Waals surface area contributed by atoms with Crippen molar-refractivity contribution in [3.05, 3.63) is 12.7 Å². The molecule has 7 rings (SSSR count). The van der Waals surface area contributed by atoms with E-state index in [1.54, 1.807) is 4.90 Å². The first kappa shape index (κ1) is 46.2. The summed E-state index contributed by atoms with van der Waals surface area (Å²) < 4.78 is 55.6. The molecule has 0 radical (unpaired) electrons. The van der Waals surface area contributed by atoms with Crippen LogP contribution < -0.4 is 10.0 Å². The number of allylic oxidation sites excluding steroid dienone is 1. The van der Waals surface area contributed by atoms with Crippen LogP contribution in [0.5, 0.6) is 0 Å². The number of ketones is 2. The van der Waals surface area contributed by atoms with Crippen LogP contribution in [0.25, 0.3) is 0 Å². The average molecular weight is 876 g/mol. The summed E-state index contributed by atoms with van der Waals surface area (Å²) in [6, 6.07) is -1.78. The van der Waals surface area contributed by atoms with Crippen molar-refractivity contribution in [3.63, 3.8) is 0 Å². The van der Waals surface area contributed by atoms with Crippen molar-refractivity contribution >= 4 is 39.5 Å². The van der Waals surface area contributed by atoms with Crippen molar-refractivity contribution < 1.29 is 41.2 Å². The molecular weight excluding hydrogens is 805 g/mol. The van der Waals surface area contributed by atoms with Gasteiger partial charge in [0.05, 0.1) is 36.6 Å². The quantitative estimate of drug-likeness (QED) is 0.185. The molecule has 15 heteroatoms. The van der Waals surface area contributed by atoms with Gasteiger partial charge in [0.15, 0.2) is 11.6 Å². The fraction of sp³-hybridized carbons (Fsp3) is 0.848. The van der Waals surface area contributed by atoms with Gasteiger partial charge in [-0.25, -0.2) is 13.5 Å². The number of hydrogen-bond acceptors (Lipinski definition) is 8. The average Bonchev–Trinajstić information content (AvgIpc) is 3.89. The van der Waals surface area contributed by atoms with E-state index in [1.807, 2.05) is 25.5 Å². The zero-order valence-electron chi connectivity index (χ0n) is 37.6. The van der Waals surface area contributed by atoms with Gasteiger partial charge in [-0.15, -0.1) is 6.58 Å². The van der Waals surface area contributed by atoms with Crippen LogP contribution in [0.15, 0.2) is 12.7 Å². The predicted molar refractivity (Wildman–Crippen MR) is 227 cm³/mol. The van der Waals surface area contributed by atoms with Gasteiger partial charge < -0.3 is 10.2 Å². The Labute approximate surface area is 362 Å². The van der Waals surface area contributed by atoms with Crippen molar-refractivity contribution in [2.45, 2.75) is 175 Å². The van der Waals surface area contributed by atoms with E-state index in [0.29, 0.717) is 17.3 Å². The molecule has 3 heterocycles. The second-order valence-electron chi connectivity index (χ2n) is 22.1. The normalized spacial score (nSPS) is 33.0. The van der Waals surface area contributed by atoms with Crippen LogP contribution in [0.4, 0.5) is 8.78 Å². The summed E-state index contributed by atoms with van der Waals surface area (Å²) in [6.45, 7) is 17.3. The van der Waals surface area contributed by atoms with Crippen LogP contribution in [-0.2, 0) is 34.2 Å². The van der Waals surface area contributed by atoms with E-state index in [-0.39, 0.29) is 76.9 Å². The molecule has 4 saturated carbocycles. The Morgan fingerprint density at radius 1 is 0.869 bits per heavy atom. The van der Waals surface area contributed by atoms with Crippen molar-refractivity contribution in [3.8, 4) is 0 Å². The number of halogens is 2. The fourth-order valence-electron chi connectivity index (χ4n) is 13.0. The second kappa shape index (κ2) is 16.0. The Morgan fingerprint density at radius 2 is 1.51 bits per heavy atom.